The van der Waals surface area contributed by atoms with Crippen LogP contribution in [0.3, 0.4) is 0 Å². The largest absolute Gasteiger partial charge is 0.314 e. The van der Waals surface area contributed by atoms with E-state index in [1.54, 1.807) is 0 Å². The van der Waals surface area contributed by atoms with Gasteiger partial charge < -0.3 is 10.6 Å². The molecule has 0 bridgehead atoms. The molecular formula is C13H25N3. The van der Waals surface area contributed by atoms with Crippen molar-refractivity contribution in [2.45, 2.75) is 57.5 Å². The van der Waals surface area contributed by atoms with Gasteiger partial charge in [0.15, 0.2) is 0 Å². The maximum absolute atomic E-state index is 8.79. The topological polar surface area (TPSA) is 53.0 Å². The normalized spacial score (nSPS) is 21.5. The van der Waals surface area contributed by atoms with Crippen molar-refractivity contribution in [3.63, 3.8) is 0 Å². The Morgan fingerprint density at radius 3 is 2.62 bits per heavy atom. The molecular weight excluding hydrogens is 198 g/mol. The van der Waals surface area contributed by atoms with Crippen LogP contribution in [-0.4, -0.2) is 30.1 Å². The zero-order chi connectivity index (χ0) is 12.2. The molecule has 2 N–H and O–H groups in total. The first-order valence-electron chi connectivity index (χ1n) is 6.36. The molecule has 0 aliphatic heterocycles. The number of hydrogen-bond donors (Lipinski definition) is 1. The molecule has 3 nitrogen and oxygen atoms in total. The number of rotatable bonds is 7. The second-order valence-electron chi connectivity index (χ2n) is 5.55. The van der Waals surface area contributed by atoms with Crippen molar-refractivity contribution in [1.29, 1.82) is 5.26 Å². The van der Waals surface area contributed by atoms with Crippen molar-refractivity contribution in [3.8, 4) is 6.07 Å². The van der Waals surface area contributed by atoms with Gasteiger partial charge in [-0.25, -0.2) is 0 Å². The summed E-state index contributed by atoms with van der Waals surface area (Å²) >= 11 is 0. The third-order valence-corrected chi connectivity index (χ3v) is 3.71. The molecule has 1 aliphatic rings. The van der Waals surface area contributed by atoms with Gasteiger partial charge in [-0.1, -0.05) is 0 Å². The summed E-state index contributed by atoms with van der Waals surface area (Å²) in [6.07, 6.45) is 5.79. The molecule has 0 saturated heterocycles. The maximum Gasteiger partial charge on any atom is 0.101 e. The molecule has 0 spiro atoms. The molecule has 92 valence electrons. The summed E-state index contributed by atoms with van der Waals surface area (Å²) in [5.74, 6) is 0.934. The molecule has 2 unspecified atom stereocenters. The first-order chi connectivity index (χ1) is 7.46. The summed E-state index contributed by atoms with van der Waals surface area (Å²) in [5.41, 5.74) is 5.14. The summed E-state index contributed by atoms with van der Waals surface area (Å²) in [6.45, 7) is 5.25. The highest BCUT2D eigenvalue weighted by Gasteiger charge is 2.30. The molecule has 0 heterocycles. The predicted octanol–water partition coefficient (Wildman–Crippen LogP) is 2.13. The Bertz CT molecular complexity index is 250. The maximum atomic E-state index is 8.79. The number of nitriles is 1. The van der Waals surface area contributed by atoms with Crippen molar-refractivity contribution < 1.29 is 0 Å². The van der Waals surface area contributed by atoms with E-state index in [2.05, 4.69) is 24.9 Å². The Balaban J connectivity index is 2.08. The number of nitrogens with two attached hydrogens (primary N) is 1. The Morgan fingerprint density at radius 1 is 1.50 bits per heavy atom. The quantitative estimate of drug-likeness (QED) is 0.673. The van der Waals surface area contributed by atoms with Crippen molar-refractivity contribution >= 4 is 0 Å². The van der Waals surface area contributed by atoms with Crippen LogP contribution in [0.15, 0.2) is 0 Å². The number of nitrogens with zero attached hydrogens (tertiary/aromatic N) is 2. The highest BCUT2D eigenvalue weighted by molar-refractivity contribution is 5.00. The number of hydrogen-bond acceptors (Lipinski definition) is 3. The Hall–Kier alpha value is -0.590. The van der Waals surface area contributed by atoms with Gasteiger partial charge in [-0.05, 0) is 65.5 Å². The van der Waals surface area contributed by atoms with Crippen LogP contribution in [0.1, 0.15) is 46.0 Å². The molecule has 0 radical (unpaired) electrons. The van der Waals surface area contributed by atoms with E-state index in [0.29, 0.717) is 0 Å². The van der Waals surface area contributed by atoms with E-state index in [1.807, 2.05) is 6.92 Å². The molecule has 1 rings (SSSR count). The monoisotopic (exact) mass is 223 g/mol. The summed E-state index contributed by atoms with van der Waals surface area (Å²) in [7, 11) is 2.20. The summed E-state index contributed by atoms with van der Waals surface area (Å²) in [5, 5.41) is 8.79. The van der Waals surface area contributed by atoms with Gasteiger partial charge in [-0.15, -0.1) is 0 Å². The second kappa shape index (κ2) is 5.65. The summed E-state index contributed by atoms with van der Waals surface area (Å²) in [6, 6.07) is 2.87. The average molecular weight is 223 g/mol. The SMILES string of the molecule is CC(C1CC1)N(C)CCCCC(C)(N)C#N. The minimum atomic E-state index is -0.638. The minimum Gasteiger partial charge on any atom is -0.314 e. The Kier molecular flexibility index (Phi) is 4.76. The lowest BCUT2D eigenvalue weighted by molar-refractivity contribution is 0.228. The van der Waals surface area contributed by atoms with Crippen LogP contribution in [0.2, 0.25) is 0 Å². The van der Waals surface area contributed by atoms with Crippen molar-refractivity contribution in [2.24, 2.45) is 11.7 Å². The lowest BCUT2D eigenvalue weighted by atomic mass is 9.98. The van der Waals surface area contributed by atoms with E-state index in [1.165, 1.54) is 12.8 Å². The van der Waals surface area contributed by atoms with Crippen molar-refractivity contribution in [1.82, 2.24) is 4.90 Å². The van der Waals surface area contributed by atoms with Crippen LogP contribution in [0, 0.1) is 17.2 Å². The van der Waals surface area contributed by atoms with Gasteiger partial charge in [0.25, 0.3) is 0 Å². The highest BCUT2D eigenvalue weighted by Crippen LogP contribution is 2.34. The third-order valence-electron chi connectivity index (χ3n) is 3.71. The summed E-state index contributed by atoms with van der Waals surface area (Å²) in [4.78, 5) is 2.44. The van der Waals surface area contributed by atoms with E-state index in [9.17, 15) is 0 Å². The van der Waals surface area contributed by atoms with Crippen molar-refractivity contribution in [2.75, 3.05) is 13.6 Å². The van der Waals surface area contributed by atoms with Crippen molar-refractivity contribution in [3.05, 3.63) is 0 Å². The molecule has 1 aliphatic carbocycles. The van der Waals surface area contributed by atoms with Crippen LogP contribution in [0.25, 0.3) is 0 Å². The summed E-state index contributed by atoms with van der Waals surface area (Å²) < 4.78 is 0. The van der Waals surface area contributed by atoms with Crippen LogP contribution in [0.5, 0.6) is 0 Å². The van der Waals surface area contributed by atoms with E-state index in [0.717, 1.165) is 37.8 Å². The Labute approximate surface area is 99.6 Å². The second-order valence-corrected chi connectivity index (χ2v) is 5.55. The molecule has 1 saturated carbocycles. The minimum absolute atomic E-state index is 0.638. The van der Waals surface area contributed by atoms with Crippen LogP contribution in [0.4, 0.5) is 0 Å². The van der Waals surface area contributed by atoms with Crippen LogP contribution < -0.4 is 5.73 Å². The Morgan fingerprint density at radius 2 is 2.12 bits per heavy atom. The molecule has 16 heavy (non-hydrogen) atoms. The first-order valence-corrected chi connectivity index (χ1v) is 6.36. The lowest BCUT2D eigenvalue weighted by Gasteiger charge is -2.25. The first kappa shape index (κ1) is 13.5. The number of unbranched alkanes of at least 4 members (excludes halogenated alkanes) is 1. The van der Waals surface area contributed by atoms with Crippen LogP contribution in [-0.2, 0) is 0 Å². The standard InChI is InChI=1S/C13H25N3/c1-11(12-6-7-12)16(3)9-5-4-8-13(2,15)10-14/h11-12H,4-9,15H2,1-3H3. The fraction of sp³-hybridized carbons (Fsp3) is 0.923. The lowest BCUT2D eigenvalue weighted by Crippen LogP contribution is -2.35. The van der Waals surface area contributed by atoms with E-state index in [-0.39, 0.29) is 0 Å². The fourth-order valence-corrected chi connectivity index (χ4v) is 2.05. The predicted molar refractivity (Wildman–Crippen MR) is 66.9 cm³/mol. The van der Waals surface area contributed by atoms with Gasteiger partial charge in [-0.3, -0.25) is 0 Å². The van der Waals surface area contributed by atoms with Gasteiger partial charge in [0.1, 0.15) is 5.54 Å². The molecule has 0 amide bonds. The molecule has 0 aromatic heterocycles. The molecule has 0 aromatic rings. The van der Waals surface area contributed by atoms with E-state index >= 15 is 0 Å². The highest BCUT2D eigenvalue weighted by atomic mass is 15.1. The molecule has 1 fully saturated rings. The average Bonchev–Trinajstić information content (AvgIpc) is 3.06. The molecule has 0 aromatic carbocycles. The zero-order valence-electron chi connectivity index (χ0n) is 10.9. The van der Waals surface area contributed by atoms with E-state index < -0.39 is 5.54 Å². The van der Waals surface area contributed by atoms with Gasteiger partial charge in [0.2, 0.25) is 0 Å². The van der Waals surface area contributed by atoms with Crippen LogP contribution >= 0.6 is 0 Å². The fourth-order valence-electron chi connectivity index (χ4n) is 2.05. The van der Waals surface area contributed by atoms with Gasteiger partial charge in [-0.2, -0.15) is 5.26 Å². The smallest absolute Gasteiger partial charge is 0.101 e. The molecule has 3 heteroatoms. The van der Waals surface area contributed by atoms with E-state index in [4.69, 9.17) is 11.0 Å². The zero-order valence-corrected chi connectivity index (χ0v) is 10.9. The van der Waals surface area contributed by atoms with Gasteiger partial charge in [0.05, 0.1) is 6.07 Å². The van der Waals surface area contributed by atoms with Gasteiger partial charge in [0, 0.05) is 6.04 Å². The van der Waals surface area contributed by atoms with Gasteiger partial charge >= 0.3 is 0 Å². The third kappa shape index (κ3) is 4.51. The molecule has 2 atom stereocenters.